The quantitative estimate of drug-likeness (QED) is 0.0180. The molecule has 2 aliphatic heterocycles. The van der Waals surface area contributed by atoms with Gasteiger partial charge in [-0.15, -0.1) is 11.6 Å². The molecule has 0 spiro atoms. The summed E-state index contributed by atoms with van der Waals surface area (Å²) in [5.41, 5.74) is 7.70. The van der Waals surface area contributed by atoms with Crippen LogP contribution in [-0.2, 0) is 27.9 Å². The van der Waals surface area contributed by atoms with Crippen LogP contribution in [0, 0.1) is 0 Å². The van der Waals surface area contributed by atoms with Crippen molar-refractivity contribution in [3.63, 3.8) is 0 Å². The zero-order valence-electron chi connectivity index (χ0n) is 43.5. The number of anilines is 1. The van der Waals surface area contributed by atoms with Crippen LogP contribution in [-0.4, -0.2) is 98.0 Å². The number of hydrogen-bond acceptors (Lipinski definition) is 10. The number of aryl methyl sites for hydroxylation is 2. The van der Waals surface area contributed by atoms with Crippen molar-refractivity contribution in [2.45, 2.75) is 57.5 Å². The fourth-order valence-electron chi connectivity index (χ4n) is 10.9. The lowest BCUT2D eigenvalue weighted by Gasteiger charge is -2.20. The Morgan fingerprint density at radius 3 is 2.17 bits per heavy atom. The molecule has 3 aliphatic rings. The number of unbranched alkanes of at least 4 members (excludes halogenated alkanes) is 4. The molecule has 0 saturated carbocycles. The summed E-state index contributed by atoms with van der Waals surface area (Å²) in [6.45, 7) is 1.01. The summed E-state index contributed by atoms with van der Waals surface area (Å²) in [5.74, 6) is -3.57. The first-order valence-corrected chi connectivity index (χ1v) is 26.3. The molecule has 1 atom stereocenters. The van der Waals surface area contributed by atoms with E-state index in [1.54, 1.807) is 12.1 Å². The van der Waals surface area contributed by atoms with E-state index in [9.17, 15) is 33.9 Å². The van der Waals surface area contributed by atoms with Gasteiger partial charge in [-0.3, -0.25) is 24.5 Å². The number of para-hydroxylation sites is 2. The highest BCUT2D eigenvalue weighted by atomic mass is 35.5. The Hall–Kier alpha value is -8.50. The number of nitrogens with one attached hydrogen (secondary N) is 3. The highest BCUT2D eigenvalue weighted by Gasteiger charge is 2.36. The van der Waals surface area contributed by atoms with Crippen molar-refractivity contribution in [1.29, 1.82) is 0 Å². The van der Waals surface area contributed by atoms with Gasteiger partial charge >= 0.3 is 5.97 Å². The third-order valence-electron chi connectivity index (χ3n) is 14.7. The zero-order valence-corrected chi connectivity index (χ0v) is 44.3. The first-order chi connectivity index (χ1) is 37.2. The van der Waals surface area contributed by atoms with Crippen molar-refractivity contribution in [2.24, 2.45) is 7.05 Å². The van der Waals surface area contributed by atoms with Gasteiger partial charge in [-0.25, -0.2) is 9.37 Å². The zero-order chi connectivity index (χ0) is 54.2. The SMILES string of the molecule is CN(C)c1ccc2c(-c3ccc(C(=O)NCCCCC(NC(=O)CCl)C(=O)OCCCCCCn4c5ccccc5c5c6c(c7c8ccccc8n(C)c7c54)C(=O)NC6=O)cc3C(=O)[O-])c3ccc(=[N+](C)C)cc-3oc2c1. The molecule has 5 aromatic carbocycles. The molecular formula is C60H58ClN7O9. The predicted molar refractivity (Wildman–Crippen MR) is 298 cm³/mol. The van der Waals surface area contributed by atoms with E-state index in [-0.39, 0.29) is 42.5 Å². The number of fused-ring (bicyclic) bond motifs is 12. The van der Waals surface area contributed by atoms with Crippen LogP contribution in [0.3, 0.4) is 0 Å². The third-order valence-corrected chi connectivity index (χ3v) is 14.9. The highest BCUT2D eigenvalue weighted by molar-refractivity contribution is 6.39. The number of carboxylic acid groups (broad SMARTS) is 1. The van der Waals surface area contributed by atoms with Crippen molar-refractivity contribution in [3.05, 3.63) is 131 Å². The number of nitrogens with zero attached hydrogens (tertiary/aromatic N) is 4. The molecule has 2 aromatic heterocycles. The lowest BCUT2D eigenvalue weighted by molar-refractivity contribution is -0.255. The van der Waals surface area contributed by atoms with Crippen LogP contribution in [0.5, 0.6) is 0 Å². The number of carbonyl (C=O) groups is 6. The van der Waals surface area contributed by atoms with Gasteiger partial charge in [-0.05, 0) is 86.6 Å². The summed E-state index contributed by atoms with van der Waals surface area (Å²) in [6.07, 6.45) is 4.08. The van der Waals surface area contributed by atoms with Gasteiger partial charge in [0.25, 0.3) is 17.7 Å². The van der Waals surface area contributed by atoms with Crippen molar-refractivity contribution in [1.82, 2.24) is 29.7 Å². The molecule has 1 unspecified atom stereocenters. The number of rotatable bonds is 19. The largest absolute Gasteiger partial charge is 0.545 e. The van der Waals surface area contributed by atoms with Gasteiger partial charge in [0.05, 0.1) is 40.8 Å². The molecule has 3 N–H and O–H groups in total. The molecule has 1 aliphatic carbocycles. The van der Waals surface area contributed by atoms with Crippen molar-refractivity contribution in [2.75, 3.05) is 52.1 Å². The number of aromatic carboxylic acids is 1. The molecule has 77 heavy (non-hydrogen) atoms. The number of ether oxygens (including phenoxy) is 1. The molecule has 17 heteroatoms. The van der Waals surface area contributed by atoms with Crippen molar-refractivity contribution < 1.29 is 43.0 Å². The minimum absolute atomic E-state index is 0.133. The fourth-order valence-corrected chi connectivity index (χ4v) is 11.0. The van der Waals surface area contributed by atoms with Crippen LogP contribution in [0.4, 0.5) is 5.69 Å². The molecule has 394 valence electrons. The van der Waals surface area contributed by atoms with Crippen LogP contribution >= 0.6 is 11.6 Å². The molecule has 0 bridgehead atoms. The summed E-state index contributed by atoms with van der Waals surface area (Å²) < 4.78 is 18.4. The summed E-state index contributed by atoms with van der Waals surface area (Å²) in [4.78, 5) is 80.9. The number of carbonyl (C=O) groups excluding carboxylic acids is 6. The molecule has 10 rings (SSSR count). The Morgan fingerprint density at radius 1 is 0.766 bits per heavy atom. The normalized spacial score (nSPS) is 12.7. The Morgan fingerprint density at radius 2 is 1.45 bits per heavy atom. The Balaban J connectivity index is 0.753. The van der Waals surface area contributed by atoms with E-state index in [4.69, 9.17) is 20.8 Å². The van der Waals surface area contributed by atoms with E-state index < -0.39 is 35.7 Å². The molecule has 0 saturated heterocycles. The number of imide groups is 1. The standard InChI is InChI=1S/C60H58ClN7O9/c1-65(2)35-22-25-40-46(31-35)77-47-32-36(66(3)4)23-26-41(47)49(40)37-24-21-34(30-42(37)59(73)74)56(70)62-27-13-12-18-43(63-48(69)33-61)60(75)76-29-15-7-6-14-28-68-45-20-11-9-17-39(45)51-53-52(57(71)64-58(53)72)50-38-16-8-10-19-44(38)67(5)54(50)55(51)68/h8-11,16-17,19-26,30-32,43H,6-7,12-15,18,27-29,33H2,1-5H3,(H3-,62,63,64,69,70,71,72,73,74). The first-order valence-electron chi connectivity index (χ1n) is 25.8. The van der Waals surface area contributed by atoms with Gasteiger partial charge in [-0.1, -0.05) is 48.9 Å². The van der Waals surface area contributed by atoms with E-state index in [0.717, 1.165) is 73.9 Å². The topological polar surface area (TPSA) is 200 Å². The summed E-state index contributed by atoms with van der Waals surface area (Å²) >= 11 is 5.81. The molecule has 4 heterocycles. The maximum atomic E-state index is 13.5. The van der Waals surface area contributed by atoms with Crippen LogP contribution in [0.25, 0.3) is 77.0 Å². The minimum atomic E-state index is -1.44. The number of amides is 4. The molecule has 4 amide bonds. The number of halogens is 1. The smallest absolute Gasteiger partial charge is 0.328 e. The molecule has 0 radical (unpaired) electrons. The van der Waals surface area contributed by atoms with Gasteiger partial charge in [0.15, 0.2) is 0 Å². The Kier molecular flexibility index (Phi) is 14.6. The van der Waals surface area contributed by atoms with Crippen LogP contribution < -0.4 is 35.9 Å². The molecular weight excluding hydrogens is 998 g/mol. The minimum Gasteiger partial charge on any atom is -0.545 e. The highest BCUT2D eigenvalue weighted by Crippen LogP contribution is 2.45. The average Bonchev–Trinajstić information content (AvgIpc) is 4.21. The van der Waals surface area contributed by atoms with E-state index in [1.807, 2.05) is 130 Å². The van der Waals surface area contributed by atoms with Crippen molar-refractivity contribution in [3.8, 4) is 22.5 Å². The summed E-state index contributed by atoms with van der Waals surface area (Å²) in [6, 6.07) is 30.9. The third kappa shape index (κ3) is 9.73. The summed E-state index contributed by atoms with van der Waals surface area (Å²) in [7, 11) is 9.69. The fraction of sp³-hybridized carbons (Fsp3) is 0.283. The Labute approximate surface area is 448 Å². The predicted octanol–water partition coefficient (Wildman–Crippen LogP) is 7.73. The van der Waals surface area contributed by atoms with Gasteiger partial charge in [0.2, 0.25) is 11.3 Å². The number of hydrogen-bond donors (Lipinski definition) is 3. The lowest BCUT2D eigenvalue weighted by Crippen LogP contribution is -2.42. The number of esters is 1. The van der Waals surface area contributed by atoms with Gasteiger partial charge in [0.1, 0.15) is 37.4 Å². The molecule has 16 nitrogen and oxygen atoms in total. The van der Waals surface area contributed by atoms with Crippen LogP contribution in [0.2, 0.25) is 0 Å². The van der Waals surface area contributed by atoms with E-state index in [0.29, 0.717) is 70.4 Å². The summed E-state index contributed by atoms with van der Waals surface area (Å²) in [5, 5.41) is 25.8. The van der Waals surface area contributed by atoms with Crippen LogP contribution in [0.15, 0.2) is 108 Å². The number of alkyl halides is 1. The van der Waals surface area contributed by atoms with E-state index in [2.05, 4.69) is 25.1 Å². The second-order valence-corrected chi connectivity index (χ2v) is 20.3. The van der Waals surface area contributed by atoms with Crippen molar-refractivity contribution >= 4 is 107 Å². The Bertz CT molecular complexity index is 3940. The van der Waals surface area contributed by atoms with Gasteiger partial charge < -0.3 is 43.7 Å². The van der Waals surface area contributed by atoms with Gasteiger partial charge in [0, 0.05) is 112 Å². The number of aromatic nitrogens is 2. The number of carboxylic acids is 1. The second kappa shape index (κ2) is 21.6. The van der Waals surface area contributed by atoms with E-state index >= 15 is 0 Å². The average molecular weight is 1060 g/mol. The molecule has 7 aromatic rings. The van der Waals surface area contributed by atoms with Crippen LogP contribution in [0.1, 0.15) is 86.4 Å². The maximum Gasteiger partial charge on any atom is 0.328 e. The lowest BCUT2D eigenvalue weighted by atomic mass is 9.89. The van der Waals surface area contributed by atoms with Gasteiger partial charge in [-0.2, -0.15) is 0 Å². The monoisotopic (exact) mass is 1060 g/mol. The second-order valence-electron chi connectivity index (χ2n) is 20.0. The first kappa shape index (κ1) is 52.0. The maximum absolute atomic E-state index is 13.5. The molecule has 0 fully saturated rings. The number of benzene rings is 6. The van der Waals surface area contributed by atoms with E-state index in [1.165, 1.54) is 6.07 Å².